The first-order chi connectivity index (χ1) is 7.87. The van der Waals surface area contributed by atoms with Gasteiger partial charge in [-0.25, -0.2) is 0 Å². The first kappa shape index (κ1) is 16.2. The van der Waals surface area contributed by atoms with Crippen molar-refractivity contribution in [2.24, 2.45) is 5.92 Å². The highest BCUT2D eigenvalue weighted by Gasteiger charge is 2.13. The number of hydrogen-bond acceptors (Lipinski definition) is 2. The number of rotatable bonds is 6. The minimum atomic E-state index is -1.24. The van der Waals surface area contributed by atoms with Crippen LogP contribution in [-0.4, -0.2) is 22.4 Å². The third kappa shape index (κ3) is 10.1. The molecule has 0 spiro atoms. The van der Waals surface area contributed by atoms with Crippen LogP contribution in [-0.2, 0) is 0 Å². The molecule has 0 aliphatic heterocycles. The Kier molecular flexibility index (Phi) is 7.95. The molecule has 0 saturated carbocycles. The molecule has 2 atom stereocenters. The molecule has 0 aliphatic rings. The topological polar surface area (TPSA) is 40.5 Å². The van der Waals surface area contributed by atoms with Crippen molar-refractivity contribution in [3.05, 3.63) is 11.6 Å². The van der Waals surface area contributed by atoms with Crippen LogP contribution in [0.3, 0.4) is 0 Å². The summed E-state index contributed by atoms with van der Waals surface area (Å²) in [7, 11) is 0. The third-order valence-electron chi connectivity index (χ3n) is 2.64. The maximum Gasteiger partial charge on any atom is 0.145 e. The second-order valence-corrected chi connectivity index (χ2v) is 5.24. The quantitative estimate of drug-likeness (QED) is 0.552. The number of hydrogen-bond donors (Lipinski definition) is 2. The Bertz CT molecular complexity index is 288. The highest BCUT2D eigenvalue weighted by molar-refractivity contribution is 5.11. The van der Waals surface area contributed by atoms with E-state index in [2.05, 4.69) is 38.7 Å². The smallest absolute Gasteiger partial charge is 0.145 e. The summed E-state index contributed by atoms with van der Waals surface area (Å²) >= 11 is 0. The van der Waals surface area contributed by atoms with Gasteiger partial charge < -0.3 is 10.2 Å². The molecule has 0 aliphatic carbocycles. The predicted molar refractivity (Wildman–Crippen MR) is 72.5 cm³/mol. The SMILES string of the molecule is CC(C)=CCC[C@H](C)CCC#CC(C)(O)CO. The van der Waals surface area contributed by atoms with Gasteiger partial charge in [0.25, 0.3) is 0 Å². The molecule has 0 aromatic rings. The predicted octanol–water partition coefficient (Wildman–Crippen LogP) is 2.90. The molecule has 2 heteroatoms. The molecule has 0 aromatic carbocycles. The number of aliphatic hydroxyl groups is 2. The molecule has 0 bridgehead atoms. The van der Waals surface area contributed by atoms with Gasteiger partial charge in [-0.15, -0.1) is 5.92 Å². The fraction of sp³-hybridized carbons (Fsp3) is 0.733. The lowest BCUT2D eigenvalue weighted by Gasteiger charge is -2.11. The van der Waals surface area contributed by atoms with Crippen LogP contribution < -0.4 is 0 Å². The lowest BCUT2D eigenvalue weighted by molar-refractivity contribution is 0.0518. The third-order valence-corrected chi connectivity index (χ3v) is 2.64. The van der Waals surface area contributed by atoms with Crippen molar-refractivity contribution in [3.8, 4) is 11.8 Å². The second-order valence-electron chi connectivity index (χ2n) is 5.24. The summed E-state index contributed by atoms with van der Waals surface area (Å²) in [4.78, 5) is 0. The molecule has 17 heavy (non-hydrogen) atoms. The van der Waals surface area contributed by atoms with Crippen molar-refractivity contribution in [3.63, 3.8) is 0 Å². The van der Waals surface area contributed by atoms with E-state index in [1.807, 2.05) is 0 Å². The normalized spacial score (nSPS) is 15.4. The maximum absolute atomic E-state index is 9.46. The fourth-order valence-electron chi connectivity index (χ4n) is 1.41. The molecule has 98 valence electrons. The first-order valence-corrected chi connectivity index (χ1v) is 6.34. The molecule has 1 unspecified atom stereocenters. The zero-order chi connectivity index (χ0) is 13.3. The molecule has 2 N–H and O–H groups in total. The Labute approximate surface area is 106 Å². The van der Waals surface area contributed by atoms with E-state index in [0.717, 1.165) is 19.3 Å². The van der Waals surface area contributed by atoms with Crippen molar-refractivity contribution in [1.82, 2.24) is 0 Å². The Hall–Kier alpha value is -0.780. The van der Waals surface area contributed by atoms with Gasteiger partial charge >= 0.3 is 0 Å². The summed E-state index contributed by atoms with van der Waals surface area (Å²) < 4.78 is 0. The highest BCUT2D eigenvalue weighted by Crippen LogP contribution is 2.13. The van der Waals surface area contributed by atoms with E-state index in [9.17, 15) is 5.11 Å². The minimum absolute atomic E-state index is 0.309. The molecule has 2 nitrogen and oxygen atoms in total. The lowest BCUT2D eigenvalue weighted by Crippen LogP contribution is -2.26. The Morgan fingerprint density at radius 3 is 2.53 bits per heavy atom. The van der Waals surface area contributed by atoms with Gasteiger partial charge in [-0.2, -0.15) is 0 Å². The standard InChI is InChI=1S/C15H26O2/c1-13(2)8-7-10-14(3)9-5-6-11-15(4,17)12-16/h8,14,16-17H,5,7,9-10,12H2,1-4H3/t14-,15?/m1/s1. The average Bonchev–Trinajstić information content (AvgIpc) is 2.24. The largest absolute Gasteiger partial charge is 0.392 e. The van der Waals surface area contributed by atoms with Gasteiger partial charge in [0.2, 0.25) is 0 Å². The van der Waals surface area contributed by atoms with Crippen LogP contribution in [0.2, 0.25) is 0 Å². The van der Waals surface area contributed by atoms with E-state index in [0.29, 0.717) is 5.92 Å². The Morgan fingerprint density at radius 2 is 2.00 bits per heavy atom. The van der Waals surface area contributed by atoms with Gasteiger partial charge in [-0.1, -0.05) is 24.5 Å². The van der Waals surface area contributed by atoms with Crippen LogP contribution in [0.4, 0.5) is 0 Å². The van der Waals surface area contributed by atoms with Crippen molar-refractivity contribution >= 4 is 0 Å². The fourth-order valence-corrected chi connectivity index (χ4v) is 1.41. The number of allylic oxidation sites excluding steroid dienone is 2. The monoisotopic (exact) mass is 238 g/mol. The van der Waals surface area contributed by atoms with Crippen LogP contribution >= 0.6 is 0 Å². The molecule has 0 rings (SSSR count). The summed E-state index contributed by atoms with van der Waals surface area (Å²) in [6.07, 6.45) is 6.41. The molecule has 0 aromatic heterocycles. The van der Waals surface area contributed by atoms with Gasteiger partial charge in [-0.3, -0.25) is 0 Å². The minimum Gasteiger partial charge on any atom is -0.392 e. The van der Waals surface area contributed by atoms with Crippen LogP contribution in [0.5, 0.6) is 0 Å². The molecule has 0 saturated heterocycles. The molecule has 0 fully saturated rings. The van der Waals surface area contributed by atoms with Gasteiger partial charge in [-0.05, 0) is 46.0 Å². The zero-order valence-electron chi connectivity index (χ0n) is 11.6. The van der Waals surface area contributed by atoms with Crippen LogP contribution in [0, 0.1) is 17.8 Å². The van der Waals surface area contributed by atoms with E-state index < -0.39 is 5.60 Å². The van der Waals surface area contributed by atoms with Gasteiger partial charge in [0, 0.05) is 6.42 Å². The van der Waals surface area contributed by atoms with E-state index in [-0.39, 0.29) is 6.61 Å². The number of aliphatic hydroxyl groups excluding tert-OH is 1. The van der Waals surface area contributed by atoms with E-state index in [1.54, 1.807) is 0 Å². The van der Waals surface area contributed by atoms with E-state index in [1.165, 1.54) is 18.9 Å². The summed E-state index contributed by atoms with van der Waals surface area (Å²) in [5, 5.41) is 18.3. The van der Waals surface area contributed by atoms with Crippen molar-refractivity contribution < 1.29 is 10.2 Å². The van der Waals surface area contributed by atoms with Crippen molar-refractivity contribution in [2.75, 3.05) is 6.61 Å². The molecule has 0 radical (unpaired) electrons. The maximum atomic E-state index is 9.46. The molecule has 0 amide bonds. The van der Waals surface area contributed by atoms with Gasteiger partial charge in [0.1, 0.15) is 5.60 Å². The summed E-state index contributed by atoms with van der Waals surface area (Å²) in [5.74, 6) is 6.27. The summed E-state index contributed by atoms with van der Waals surface area (Å²) in [5.41, 5.74) is 0.127. The van der Waals surface area contributed by atoms with E-state index in [4.69, 9.17) is 5.11 Å². The van der Waals surface area contributed by atoms with Crippen LogP contribution in [0.15, 0.2) is 11.6 Å². The average molecular weight is 238 g/mol. The zero-order valence-corrected chi connectivity index (χ0v) is 11.6. The molecular formula is C15H26O2. The van der Waals surface area contributed by atoms with Gasteiger partial charge in [0.15, 0.2) is 0 Å². The molecular weight excluding hydrogens is 212 g/mol. The Balaban J connectivity index is 3.78. The van der Waals surface area contributed by atoms with Crippen molar-refractivity contribution in [2.45, 2.75) is 59.0 Å². The van der Waals surface area contributed by atoms with Crippen LogP contribution in [0.25, 0.3) is 0 Å². The first-order valence-electron chi connectivity index (χ1n) is 6.34. The Morgan fingerprint density at radius 1 is 1.35 bits per heavy atom. The lowest BCUT2D eigenvalue weighted by atomic mass is 9.99. The molecule has 0 heterocycles. The summed E-state index contributed by atoms with van der Waals surface area (Å²) in [6, 6.07) is 0. The van der Waals surface area contributed by atoms with Crippen LogP contribution in [0.1, 0.15) is 53.4 Å². The van der Waals surface area contributed by atoms with E-state index >= 15 is 0 Å². The summed E-state index contributed by atoms with van der Waals surface area (Å²) in [6.45, 7) is 7.68. The van der Waals surface area contributed by atoms with Crippen molar-refractivity contribution in [1.29, 1.82) is 0 Å². The highest BCUT2D eigenvalue weighted by atomic mass is 16.3. The second kappa shape index (κ2) is 8.33. The van der Waals surface area contributed by atoms with Gasteiger partial charge in [0.05, 0.1) is 6.61 Å².